The molecule has 1 aliphatic heterocycles. The minimum absolute atomic E-state index is 0.0782. The maximum atomic E-state index is 13.7. The third kappa shape index (κ3) is 7.18. The fourth-order valence-electron chi connectivity index (χ4n) is 4.53. The Morgan fingerprint density at radius 2 is 1.92 bits per heavy atom. The summed E-state index contributed by atoms with van der Waals surface area (Å²) in [5, 5.41) is 4.04. The minimum atomic E-state index is -3.70. The topological polar surface area (TPSA) is 76.5 Å². The van der Waals surface area contributed by atoms with Gasteiger partial charge < -0.3 is 19.5 Å². The second kappa shape index (κ2) is 12.2. The van der Waals surface area contributed by atoms with E-state index in [2.05, 4.69) is 15.2 Å². The van der Waals surface area contributed by atoms with Gasteiger partial charge in [0, 0.05) is 19.2 Å². The van der Waals surface area contributed by atoms with Crippen molar-refractivity contribution in [2.45, 2.75) is 69.8 Å². The summed E-state index contributed by atoms with van der Waals surface area (Å²) in [5.74, 6) is -0.0993. The number of nitrogens with one attached hydrogen (secondary N) is 1. The Labute approximate surface area is 225 Å². The Kier molecular flexibility index (Phi) is 9.00. The van der Waals surface area contributed by atoms with Gasteiger partial charge in [0.15, 0.2) is 5.11 Å². The van der Waals surface area contributed by atoms with Crippen LogP contribution in [0, 0.1) is 6.92 Å². The van der Waals surface area contributed by atoms with Crippen molar-refractivity contribution in [3.05, 3.63) is 83.2 Å². The molecule has 2 aromatic carbocycles. The highest BCUT2D eigenvalue weighted by Gasteiger charge is 2.27. The maximum Gasteiger partial charge on any atom is 0.228 e. The number of aromatic nitrogens is 2. The van der Waals surface area contributed by atoms with Crippen LogP contribution in [0.5, 0.6) is 0 Å². The monoisotopic (exact) mass is 540 g/mol. The molecule has 37 heavy (non-hydrogen) atoms. The number of thiocarbonyl (C=S) groups is 1. The summed E-state index contributed by atoms with van der Waals surface area (Å²) < 4.78 is 35.0. The van der Waals surface area contributed by atoms with Gasteiger partial charge in [0.05, 0.1) is 36.8 Å². The number of sulfone groups is 1. The van der Waals surface area contributed by atoms with Gasteiger partial charge >= 0.3 is 0 Å². The molecule has 4 rings (SSSR count). The Bertz CT molecular complexity index is 1300. The van der Waals surface area contributed by atoms with Crippen LogP contribution in [-0.2, 0) is 33.4 Å². The van der Waals surface area contributed by atoms with Crippen LogP contribution in [0.25, 0.3) is 0 Å². The van der Waals surface area contributed by atoms with Crippen molar-refractivity contribution in [1.82, 2.24) is 19.8 Å². The lowest BCUT2D eigenvalue weighted by Gasteiger charge is -2.29. The van der Waals surface area contributed by atoms with Crippen LogP contribution in [0.2, 0.25) is 0 Å². The molecule has 0 radical (unpaired) electrons. The molecular weight excluding hydrogens is 504 g/mol. The van der Waals surface area contributed by atoms with E-state index in [4.69, 9.17) is 17.0 Å². The van der Waals surface area contributed by atoms with E-state index < -0.39 is 9.84 Å². The van der Waals surface area contributed by atoms with E-state index in [-0.39, 0.29) is 23.1 Å². The van der Waals surface area contributed by atoms with Crippen LogP contribution in [0.15, 0.2) is 66.0 Å². The second-order valence-corrected chi connectivity index (χ2v) is 12.2. The number of nitrogens with zero attached hydrogens (tertiary/aromatic N) is 3. The molecule has 0 amide bonds. The summed E-state index contributed by atoms with van der Waals surface area (Å²) in [5.41, 5.74) is 3.52. The Morgan fingerprint density at radius 1 is 1.19 bits per heavy atom. The molecule has 1 aliphatic rings. The van der Waals surface area contributed by atoms with Gasteiger partial charge in [0.25, 0.3) is 0 Å². The van der Waals surface area contributed by atoms with E-state index in [0.29, 0.717) is 24.7 Å². The number of hydrogen-bond acceptors (Lipinski definition) is 5. The van der Waals surface area contributed by atoms with Gasteiger partial charge in [-0.1, -0.05) is 54.6 Å². The van der Waals surface area contributed by atoms with Crippen LogP contribution >= 0.6 is 12.2 Å². The first-order chi connectivity index (χ1) is 17.7. The first-order valence-corrected chi connectivity index (χ1v) is 14.8. The summed E-state index contributed by atoms with van der Waals surface area (Å²) in [7, 11) is -3.70. The van der Waals surface area contributed by atoms with E-state index in [0.717, 1.165) is 41.8 Å². The molecule has 0 bridgehead atoms. The molecule has 1 aromatic heterocycles. The first-order valence-electron chi connectivity index (χ1n) is 12.8. The standard InChI is InChI=1S/C28H36N4O3S2/c1-21(2)30-27(36)31(19-26-14-9-15-35-26)18-25-16-29-28(32(25)17-23-11-5-4-6-12-23)37(33,34)20-24-13-8-7-10-22(24)3/h4-8,10-13,16,21,26H,9,14-15,17-20H2,1-3H3,(H,30,36)/t26-/m0/s1. The summed E-state index contributed by atoms with van der Waals surface area (Å²) >= 11 is 5.75. The third-order valence-electron chi connectivity index (χ3n) is 6.47. The largest absolute Gasteiger partial charge is 0.376 e. The number of imidazole rings is 1. The van der Waals surface area contributed by atoms with E-state index in [1.165, 1.54) is 0 Å². The highest BCUT2D eigenvalue weighted by atomic mass is 32.2. The molecule has 198 valence electrons. The van der Waals surface area contributed by atoms with Crippen molar-refractivity contribution in [2.75, 3.05) is 13.2 Å². The molecule has 1 saturated heterocycles. The molecule has 1 fully saturated rings. The van der Waals surface area contributed by atoms with Crippen molar-refractivity contribution in [2.24, 2.45) is 0 Å². The molecule has 1 atom stereocenters. The van der Waals surface area contributed by atoms with Gasteiger partial charge in [0.2, 0.25) is 15.0 Å². The van der Waals surface area contributed by atoms with E-state index in [9.17, 15) is 8.42 Å². The Hall–Kier alpha value is -2.75. The van der Waals surface area contributed by atoms with E-state index >= 15 is 0 Å². The normalized spacial score (nSPS) is 15.7. The quantitative estimate of drug-likeness (QED) is 0.380. The lowest BCUT2D eigenvalue weighted by atomic mass is 10.1. The molecular formula is C28H36N4O3S2. The van der Waals surface area contributed by atoms with Crippen molar-refractivity contribution >= 4 is 27.2 Å². The summed E-state index contributed by atoms with van der Waals surface area (Å²) in [4.78, 5) is 6.54. The smallest absolute Gasteiger partial charge is 0.228 e. The summed E-state index contributed by atoms with van der Waals surface area (Å²) in [6, 6.07) is 17.6. The number of benzene rings is 2. The van der Waals surface area contributed by atoms with Crippen molar-refractivity contribution in [3.63, 3.8) is 0 Å². The predicted octanol–water partition coefficient (Wildman–Crippen LogP) is 4.48. The molecule has 3 aromatic rings. The average Bonchev–Trinajstić information content (AvgIpc) is 3.51. The second-order valence-electron chi connectivity index (χ2n) is 9.91. The predicted molar refractivity (Wildman–Crippen MR) is 150 cm³/mol. The lowest BCUT2D eigenvalue weighted by molar-refractivity contribution is 0.0891. The highest BCUT2D eigenvalue weighted by molar-refractivity contribution is 7.90. The van der Waals surface area contributed by atoms with Crippen LogP contribution < -0.4 is 5.32 Å². The lowest BCUT2D eigenvalue weighted by Crippen LogP contribution is -2.45. The molecule has 0 spiro atoms. The highest BCUT2D eigenvalue weighted by Crippen LogP contribution is 2.23. The van der Waals surface area contributed by atoms with Crippen LogP contribution in [0.1, 0.15) is 49.1 Å². The molecule has 0 saturated carbocycles. The van der Waals surface area contributed by atoms with Gasteiger partial charge in [-0.05, 0) is 62.5 Å². The van der Waals surface area contributed by atoms with Crippen LogP contribution in [-0.4, -0.2) is 53.3 Å². The van der Waals surface area contributed by atoms with E-state index in [1.807, 2.05) is 79.9 Å². The molecule has 7 nitrogen and oxygen atoms in total. The van der Waals surface area contributed by atoms with Gasteiger partial charge in [0.1, 0.15) is 0 Å². The van der Waals surface area contributed by atoms with Gasteiger partial charge in [-0.25, -0.2) is 13.4 Å². The summed E-state index contributed by atoms with van der Waals surface area (Å²) in [6.07, 6.45) is 3.80. The van der Waals surface area contributed by atoms with Crippen LogP contribution in [0.4, 0.5) is 0 Å². The van der Waals surface area contributed by atoms with Crippen molar-refractivity contribution in [1.29, 1.82) is 0 Å². The third-order valence-corrected chi connectivity index (χ3v) is 8.42. The van der Waals surface area contributed by atoms with Gasteiger partial charge in [-0.3, -0.25) is 0 Å². The zero-order chi connectivity index (χ0) is 26.4. The molecule has 0 aliphatic carbocycles. The molecule has 1 N–H and O–H groups in total. The fourth-order valence-corrected chi connectivity index (χ4v) is 6.50. The average molecular weight is 541 g/mol. The SMILES string of the molecule is Cc1ccccc1CS(=O)(=O)c1ncc(CN(C[C@@H]2CCCO2)C(=S)NC(C)C)n1Cc1ccccc1. The number of aryl methyl sites for hydroxylation is 1. The summed E-state index contributed by atoms with van der Waals surface area (Å²) in [6.45, 7) is 8.25. The minimum Gasteiger partial charge on any atom is -0.376 e. The maximum absolute atomic E-state index is 13.7. The molecule has 9 heteroatoms. The number of rotatable bonds is 10. The van der Waals surface area contributed by atoms with Gasteiger partial charge in [-0.15, -0.1) is 0 Å². The zero-order valence-corrected chi connectivity index (χ0v) is 23.4. The number of ether oxygens (including phenoxy) is 1. The fraction of sp³-hybridized carbons (Fsp3) is 0.429. The zero-order valence-electron chi connectivity index (χ0n) is 21.8. The Balaban J connectivity index is 1.69. The Morgan fingerprint density at radius 3 is 2.59 bits per heavy atom. The molecule has 0 unspecified atom stereocenters. The number of hydrogen-bond donors (Lipinski definition) is 1. The van der Waals surface area contributed by atoms with Crippen molar-refractivity contribution < 1.29 is 13.2 Å². The molecule has 2 heterocycles. The van der Waals surface area contributed by atoms with Crippen LogP contribution in [0.3, 0.4) is 0 Å². The first kappa shape index (κ1) is 27.3. The van der Waals surface area contributed by atoms with E-state index in [1.54, 1.807) is 6.20 Å². The van der Waals surface area contributed by atoms with Crippen molar-refractivity contribution in [3.8, 4) is 0 Å². The van der Waals surface area contributed by atoms with Gasteiger partial charge in [-0.2, -0.15) is 0 Å².